The highest BCUT2D eigenvalue weighted by Gasteiger charge is 2.18. The van der Waals surface area contributed by atoms with Crippen molar-refractivity contribution in [2.75, 3.05) is 7.11 Å². The van der Waals surface area contributed by atoms with Gasteiger partial charge in [0.25, 0.3) is 0 Å². The summed E-state index contributed by atoms with van der Waals surface area (Å²) >= 11 is 0. The number of rotatable bonds is 3. The molecular formula is C14H17NO2. The maximum absolute atomic E-state index is 9.54. The zero-order valence-corrected chi connectivity index (χ0v) is 10.0. The Labute approximate surface area is 102 Å². The Morgan fingerprint density at radius 3 is 2.94 bits per heavy atom. The predicted octanol–water partition coefficient (Wildman–Crippen LogP) is 2.02. The lowest BCUT2D eigenvalue weighted by atomic mass is 9.93. The number of aliphatic hydroxyl groups excluding tert-OH is 1. The first-order chi connectivity index (χ1) is 8.28. The highest BCUT2D eigenvalue weighted by Crippen LogP contribution is 2.20. The van der Waals surface area contributed by atoms with Crippen molar-refractivity contribution in [2.45, 2.75) is 37.8 Å². The molecule has 0 aromatic heterocycles. The van der Waals surface area contributed by atoms with Crippen LogP contribution in [-0.4, -0.2) is 30.6 Å². The quantitative estimate of drug-likeness (QED) is 0.809. The Balaban J connectivity index is 1.94. The SMILES string of the molecule is COc1c#cc(C=NC2CCCC(O)C2)cc1. The largest absolute Gasteiger partial charge is 0.489 e. The third-order valence-corrected chi connectivity index (χ3v) is 3.01. The molecule has 0 heterocycles. The van der Waals surface area contributed by atoms with Crippen LogP contribution >= 0.6 is 0 Å². The van der Waals surface area contributed by atoms with Gasteiger partial charge in [0.15, 0.2) is 5.75 Å². The highest BCUT2D eigenvalue weighted by molar-refractivity contribution is 5.78. The summed E-state index contributed by atoms with van der Waals surface area (Å²) in [5.41, 5.74) is 0.894. The van der Waals surface area contributed by atoms with Crippen molar-refractivity contribution in [3.8, 4) is 5.75 Å². The number of aliphatic imine (C=N–C) groups is 1. The van der Waals surface area contributed by atoms with Crippen LogP contribution in [0, 0.1) is 12.1 Å². The van der Waals surface area contributed by atoms with Crippen molar-refractivity contribution >= 4 is 6.21 Å². The molecule has 2 rings (SSSR count). The maximum Gasteiger partial charge on any atom is 0.169 e. The van der Waals surface area contributed by atoms with Crippen LogP contribution < -0.4 is 4.74 Å². The summed E-state index contributed by atoms with van der Waals surface area (Å²) in [5, 5.41) is 9.54. The van der Waals surface area contributed by atoms with E-state index in [2.05, 4.69) is 17.1 Å². The van der Waals surface area contributed by atoms with Gasteiger partial charge in [-0.3, -0.25) is 4.99 Å². The molecule has 1 saturated carbocycles. The van der Waals surface area contributed by atoms with E-state index >= 15 is 0 Å². The molecule has 3 heteroatoms. The summed E-state index contributed by atoms with van der Waals surface area (Å²) < 4.78 is 5.01. The molecule has 3 nitrogen and oxygen atoms in total. The van der Waals surface area contributed by atoms with E-state index in [1.807, 2.05) is 12.1 Å². The first-order valence-electron chi connectivity index (χ1n) is 5.97. The van der Waals surface area contributed by atoms with Crippen LogP contribution in [0.5, 0.6) is 5.75 Å². The van der Waals surface area contributed by atoms with Crippen molar-refractivity contribution in [2.24, 2.45) is 4.99 Å². The van der Waals surface area contributed by atoms with E-state index in [4.69, 9.17) is 4.74 Å². The van der Waals surface area contributed by atoms with Crippen LogP contribution in [0.15, 0.2) is 17.1 Å². The minimum atomic E-state index is -0.183. The second kappa shape index (κ2) is 5.70. The number of ether oxygens (including phenoxy) is 1. The van der Waals surface area contributed by atoms with Gasteiger partial charge in [-0.15, -0.1) is 0 Å². The third kappa shape index (κ3) is 3.47. The third-order valence-electron chi connectivity index (χ3n) is 3.01. The molecule has 0 amide bonds. The van der Waals surface area contributed by atoms with Crippen LogP contribution in [0.3, 0.4) is 0 Å². The summed E-state index contributed by atoms with van der Waals surface area (Å²) in [6, 6.07) is 9.86. The van der Waals surface area contributed by atoms with Crippen LogP contribution in [-0.2, 0) is 0 Å². The highest BCUT2D eigenvalue weighted by atomic mass is 16.5. The first-order valence-corrected chi connectivity index (χ1v) is 5.97. The standard InChI is InChI=1S/C14H17NO2/c1-17-14-7-5-11(6-8-14)10-15-12-3-2-4-13(16)9-12/h5,7,10,12-13,16H,2-4,9H2,1H3. The molecule has 1 aromatic carbocycles. The van der Waals surface area contributed by atoms with Gasteiger partial charge in [0.2, 0.25) is 0 Å². The molecule has 0 bridgehead atoms. The second-order valence-corrected chi connectivity index (χ2v) is 4.36. The van der Waals surface area contributed by atoms with Gasteiger partial charge < -0.3 is 9.84 Å². The molecule has 90 valence electrons. The maximum atomic E-state index is 9.54. The van der Waals surface area contributed by atoms with Gasteiger partial charge in [0, 0.05) is 11.8 Å². The molecule has 1 aliphatic rings. The van der Waals surface area contributed by atoms with E-state index in [-0.39, 0.29) is 12.1 Å². The van der Waals surface area contributed by atoms with Crippen molar-refractivity contribution in [3.05, 3.63) is 29.8 Å². The monoisotopic (exact) mass is 231 g/mol. The Morgan fingerprint density at radius 2 is 2.29 bits per heavy atom. The second-order valence-electron chi connectivity index (χ2n) is 4.36. The van der Waals surface area contributed by atoms with Crippen LogP contribution in [0.2, 0.25) is 0 Å². The summed E-state index contributed by atoms with van der Waals surface area (Å²) in [6.45, 7) is 0. The van der Waals surface area contributed by atoms with Crippen molar-refractivity contribution in [1.82, 2.24) is 0 Å². The van der Waals surface area contributed by atoms with Crippen LogP contribution in [0.1, 0.15) is 31.2 Å². The average Bonchev–Trinajstić information content (AvgIpc) is 2.37. The van der Waals surface area contributed by atoms with Crippen molar-refractivity contribution < 1.29 is 9.84 Å². The van der Waals surface area contributed by atoms with E-state index in [9.17, 15) is 5.11 Å². The van der Waals surface area contributed by atoms with Crippen molar-refractivity contribution in [3.63, 3.8) is 0 Å². The van der Waals surface area contributed by atoms with E-state index in [1.165, 1.54) is 0 Å². The molecule has 0 saturated heterocycles. The Kier molecular flexibility index (Phi) is 4.00. The van der Waals surface area contributed by atoms with Gasteiger partial charge in [-0.25, -0.2) is 0 Å². The molecule has 1 N–H and O–H groups in total. The predicted molar refractivity (Wildman–Crippen MR) is 66.5 cm³/mol. The summed E-state index contributed by atoms with van der Waals surface area (Å²) in [6.07, 6.45) is 5.43. The van der Waals surface area contributed by atoms with E-state index in [0.717, 1.165) is 31.2 Å². The lowest BCUT2D eigenvalue weighted by Gasteiger charge is -2.22. The van der Waals surface area contributed by atoms with Gasteiger partial charge >= 0.3 is 0 Å². The van der Waals surface area contributed by atoms with E-state index < -0.39 is 0 Å². The molecule has 0 aliphatic heterocycles. The fraction of sp³-hybridized carbons (Fsp3) is 0.500. The normalized spacial score (nSPS) is 24.6. The molecule has 17 heavy (non-hydrogen) atoms. The number of aliphatic hydroxyl groups is 1. The Hall–Kier alpha value is -1.53. The summed E-state index contributed by atoms with van der Waals surface area (Å²) in [4.78, 5) is 4.48. The smallest absolute Gasteiger partial charge is 0.169 e. The van der Waals surface area contributed by atoms with Crippen molar-refractivity contribution in [1.29, 1.82) is 0 Å². The molecule has 2 atom stereocenters. The van der Waals surface area contributed by atoms with Gasteiger partial charge in [0.05, 0.1) is 19.3 Å². The lowest BCUT2D eigenvalue weighted by Crippen LogP contribution is -2.22. The fourth-order valence-corrected chi connectivity index (χ4v) is 2.04. The zero-order chi connectivity index (χ0) is 12.1. The minimum absolute atomic E-state index is 0.183. The molecule has 1 aromatic rings. The number of nitrogens with zero attached hydrogens (tertiary/aromatic N) is 1. The molecular weight excluding hydrogens is 214 g/mol. The summed E-state index contributed by atoms with van der Waals surface area (Å²) in [5.74, 6) is 0.676. The fourth-order valence-electron chi connectivity index (χ4n) is 2.04. The molecule has 2 unspecified atom stereocenters. The zero-order valence-electron chi connectivity index (χ0n) is 10.0. The van der Waals surface area contributed by atoms with E-state index in [0.29, 0.717) is 5.75 Å². The van der Waals surface area contributed by atoms with Crippen LogP contribution in [0.25, 0.3) is 0 Å². The van der Waals surface area contributed by atoms with Crippen LogP contribution in [0.4, 0.5) is 0 Å². The average molecular weight is 231 g/mol. The van der Waals surface area contributed by atoms with Gasteiger partial charge in [-0.2, -0.15) is 0 Å². The molecule has 0 radical (unpaired) electrons. The van der Waals surface area contributed by atoms with Gasteiger partial charge in [-0.1, -0.05) is 6.07 Å². The lowest BCUT2D eigenvalue weighted by molar-refractivity contribution is 0.121. The Morgan fingerprint density at radius 1 is 1.41 bits per heavy atom. The number of hydrogen-bond donors (Lipinski definition) is 1. The molecule has 0 spiro atoms. The summed E-state index contributed by atoms with van der Waals surface area (Å²) in [7, 11) is 1.61. The topological polar surface area (TPSA) is 41.8 Å². The Bertz CT molecular complexity index is 372. The minimum Gasteiger partial charge on any atom is -0.489 e. The molecule has 1 aliphatic carbocycles. The first kappa shape index (κ1) is 11.9. The van der Waals surface area contributed by atoms with E-state index in [1.54, 1.807) is 13.3 Å². The van der Waals surface area contributed by atoms with Gasteiger partial charge in [0.1, 0.15) is 0 Å². The number of hydrogen-bond acceptors (Lipinski definition) is 3. The molecule has 1 fully saturated rings. The van der Waals surface area contributed by atoms with Gasteiger partial charge in [-0.05, 0) is 43.9 Å². The number of methoxy groups -OCH3 is 1.